The average molecular weight is 512 g/mol. The lowest BCUT2D eigenvalue weighted by Crippen LogP contribution is -1.97. The summed E-state index contributed by atoms with van der Waals surface area (Å²) in [5.41, 5.74) is 2.12. The van der Waals surface area contributed by atoms with Gasteiger partial charge in [0, 0.05) is 16.7 Å². The number of aliphatic carboxylic acids is 1. The Kier molecular flexibility index (Phi) is 6.94. The summed E-state index contributed by atoms with van der Waals surface area (Å²) in [5.74, 6) is -0.656. The van der Waals surface area contributed by atoms with Crippen LogP contribution in [0, 0.1) is 6.92 Å². The number of furan rings is 1. The van der Waals surface area contributed by atoms with E-state index in [1.54, 1.807) is 36.4 Å². The van der Waals surface area contributed by atoms with Crippen molar-refractivity contribution < 1.29 is 29.0 Å². The molecule has 9 nitrogen and oxygen atoms in total. The maximum Gasteiger partial charge on any atom is 0.342 e. The number of aryl methyl sites for hydroxylation is 1. The first-order valence-electron chi connectivity index (χ1n) is 10.1. The van der Waals surface area contributed by atoms with E-state index in [-0.39, 0.29) is 21.4 Å². The molecule has 0 aliphatic heterocycles. The van der Waals surface area contributed by atoms with Gasteiger partial charge in [-0.15, -0.1) is 5.10 Å². The minimum absolute atomic E-state index is 0.0782. The first kappa shape index (κ1) is 24.1. The zero-order valence-corrected chi connectivity index (χ0v) is 20.0. The smallest absolute Gasteiger partial charge is 0.342 e. The number of aromatic carboxylic acids is 1. The van der Waals surface area contributed by atoms with E-state index in [1.165, 1.54) is 25.3 Å². The Morgan fingerprint density at radius 3 is 2.63 bits per heavy atom. The molecule has 0 unspecified atom stereocenters. The van der Waals surface area contributed by atoms with Gasteiger partial charge in [-0.2, -0.15) is 0 Å². The molecule has 0 saturated heterocycles. The van der Waals surface area contributed by atoms with Crippen LogP contribution in [0.25, 0.3) is 28.8 Å². The van der Waals surface area contributed by atoms with Gasteiger partial charge in [-0.25, -0.2) is 14.6 Å². The predicted octanol–water partition coefficient (Wildman–Crippen LogP) is 5.62. The van der Waals surface area contributed by atoms with Crippen LogP contribution in [-0.2, 0) is 4.79 Å². The average Bonchev–Trinajstić information content (AvgIpc) is 3.48. The van der Waals surface area contributed by atoms with Crippen LogP contribution < -0.4 is 4.74 Å². The summed E-state index contributed by atoms with van der Waals surface area (Å²) in [5, 5.41) is 26.5. The predicted molar refractivity (Wildman–Crippen MR) is 131 cm³/mol. The van der Waals surface area contributed by atoms with E-state index in [0.29, 0.717) is 33.5 Å². The number of hydrogen-bond acceptors (Lipinski definition) is 7. The van der Waals surface area contributed by atoms with Crippen molar-refractivity contribution in [2.45, 2.75) is 12.1 Å². The van der Waals surface area contributed by atoms with Gasteiger partial charge in [-0.05, 0) is 66.7 Å². The molecule has 0 aliphatic rings. The zero-order valence-electron chi connectivity index (χ0n) is 18.4. The molecule has 4 rings (SSSR count). The van der Waals surface area contributed by atoms with E-state index in [4.69, 9.17) is 20.8 Å². The van der Waals surface area contributed by atoms with E-state index >= 15 is 0 Å². The molecule has 2 aromatic heterocycles. The van der Waals surface area contributed by atoms with Crippen LogP contribution in [0.5, 0.6) is 5.75 Å². The summed E-state index contributed by atoms with van der Waals surface area (Å²) >= 11 is 6.91. The van der Waals surface area contributed by atoms with E-state index in [2.05, 4.69) is 15.2 Å². The summed E-state index contributed by atoms with van der Waals surface area (Å²) in [7, 11) is 1.51. The molecule has 0 radical (unpaired) electrons. The van der Waals surface area contributed by atoms with Crippen LogP contribution in [0.1, 0.15) is 21.7 Å². The zero-order chi connectivity index (χ0) is 25.1. The number of nitrogens with zero attached hydrogens (tertiary/aromatic N) is 2. The summed E-state index contributed by atoms with van der Waals surface area (Å²) in [6.45, 7) is 1.83. The Morgan fingerprint density at radius 1 is 1.11 bits per heavy atom. The first-order valence-corrected chi connectivity index (χ1v) is 11.3. The van der Waals surface area contributed by atoms with Gasteiger partial charge in [0.05, 0.1) is 18.2 Å². The number of benzene rings is 2. The SMILES string of the molecule is COc1ccc(Cl)cc1-c1nc(S/C(=C\c2ccc(-c3cc(C(=O)O)ccc3C)o2)C(=O)O)n[nH]1. The number of thioether (sulfide) groups is 1. The fraction of sp³-hybridized carbons (Fsp3) is 0.0833. The number of H-pyrrole nitrogens is 1. The number of aromatic nitrogens is 3. The molecule has 2 heterocycles. The molecular formula is C24H18ClN3O6S. The van der Waals surface area contributed by atoms with Crippen LogP contribution in [0.3, 0.4) is 0 Å². The van der Waals surface area contributed by atoms with E-state index in [0.717, 1.165) is 17.3 Å². The summed E-state index contributed by atoms with van der Waals surface area (Å²) < 4.78 is 11.1. The van der Waals surface area contributed by atoms with Crippen molar-refractivity contribution >= 4 is 41.4 Å². The third kappa shape index (κ3) is 5.39. The van der Waals surface area contributed by atoms with Gasteiger partial charge in [0.25, 0.3) is 0 Å². The number of nitrogens with one attached hydrogen (secondary N) is 1. The fourth-order valence-electron chi connectivity index (χ4n) is 3.24. The normalized spacial score (nSPS) is 11.5. The van der Waals surface area contributed by atoms with Gasteiger partial charge < -0.3 is 19.4 Å². The third-order valence-corrected chi connectivity index (χ3v) is 6.06. The van der Waals surface area contributed by atoms with Crippen molar-refractivity contribution in [1.29, 1.82) is 0 Å². The molecule has 11 heteroatoms. The number of halogens is 1. The van der Waals surface area contributed by atoms with Crippen molar-refractivity contribution in [2.24, 2.45) is 0 Å². The van der Waals surface area contributed by atoms with Gasteiger partial charge in [0.15, 0.2) is 5.82 Å². The summed E-state index contributed by atoms with van der Waals surface area (Å²) in [6.07, 6.45) is 1.35. The maximum atomic E-state index is 11.9. The quantitative estimate of drug-likeness (QED) is 0.203. The molecule has 4 aromatic rings. The number of methoxy groups -OCH3 is 1. The van der Waals surface area contributed by atoms with Crippen molar-refractivity contribution in [3.8, 4) is 28.5 Å². The molecule has 0 amide bonds. The van der Waals surface area contributed by atoms with Crippen molar-refractivity contribution in [1.82, 2.24) is 15.2 Å². The molecular weight excluding hydrogens is 494 g/mol. The van der Waals surface area contributed by atoms with Crippen LogP contribution in [0.4, 0.5) is 0 Å². The molecule has 178 valence electrons. The minimum Gasteiger partial charge on any atom is -0.496 e. The number of aromatic amines is 1. The number of carbonyl (C=O) groups is 2. The second-order valence-electron chi connectivity index (χ2n) is 7.26. The van der Waals surface area contributed by atoms with Crippen LogP contribution in [0.15, 0.2) is 63.0 Å². The van der Waals surface area contributed by atoms with Gasteiger partial charge in [0.2, 0.25) is 5.16 Å². The van der Waals surface area contributed by atoms with Crippen LogP contribution in [-0.4, -0.2) is 44.4 Å². The van der Waals surface area contributed by atoms with Gasteiger partial charge in [-0.1, -0.05) is 17.7 Å². The van der Waals surface area contributed by atoms with Crippen molar-refractivity contribution in [2.75, 3.05) is 7.11 Å². The Morgan fingerprint density at radius 2 is 1.91 bits per heavy atom. The van der Waals surface area contributed by atoms with Crippen LogP contribution >= 0.6 is 23.4 Å². The third-order valence-electron chi connectivity index (χ3n) is 4.94. The number of carboxylic acids is 2. The molecule has 3 N–H and O–H groups in total. The molecule has 2 aromatic carbocycles. The Hall–Kier alpha value is -4.02. The lowest BCUT2D eigenvalue weighted by atomic mass is 10.0. The van der Waals surface area contributed by atoms with E-state index in [9.17, 15) is 19.8 Å². The van der Waals surface area contributed by atoms with Gasteiger partial charge >= 0.3 is 11.9 Å². The van der Waals surface area contributed by atoms with Crippen LogP contribution in [0.2, 0.25) is 5.02 Å². The number of ether oxygens (including phenoxy) is 1. The second kappa shape index (κ2) is 10.1. The van der Waals surface area contributed by atoms with Gasteiger partial charge in [0.1, 0.15) is 22.2 Å². The van der Waals surface area contributed by atoms with E-state index in [1.807, 2.05) is 6.92 Å². The number of hydrogen-bond donors (Lipinski definition) is 3. The fourth-order valence-corrected chi connectivity index (χ4v) is 4.10. The van der Waals surface area contributed by atoms with Crippen molar-refractivity contribution in [3.05, 3.63) is 75.3 Å². The number of rotatable bonds is 8. The summed E-state index contributed by atoms with van der Waals surface area (Å²) in [6, 6.07) is 13.0. The van der Waals surface area contributed by atoms with Crippen molar-refractivity contribution in [3.63, 3.8) is 0 Å². The highest BCUT2D eigenvalue weighted by Gasteiger charge is 2.18. The summed E-state index contributed by atoms with van der Waals surface area (Å²) in [4.78, 5) is 27.5. The molecule has 0 saturated carbocycles. The topological polar surface area (TPSA) is 139 Å². The Labute approximate surface area is 208 Å². The monoisotopic (exact) mass is 511 g/mol. The molecule has 0 spiro atoms. The lowest BCUT2D eigenvalue weighted by Gasteiger charge is -2.05. The molecule has 0 bridgehead atoms. The highest BCUT2D eigenvalue weighted by Crippen LogP contribution is 2.34. The highest BCUT2D eigenvalue weighted by atomic mass is 35.5. The second-order valence-corrected chi connectivity index (χ2v) is 8.71. The Balaban J connectivity index is 1.61. The van der Waals surface area contributed by atoms with Gasteiger partial charge in [-0.3, -0.25) is 5.10 Å². The first-order chi connectivity index (χ1) is 16.7. The standard InChI is InChI=1S/C24H18ClN3O6S/c1-12-3-4-13(22(29)30)9-16(12)19-8-6-15(34-19)11-20(23(31)32)35-24-26-21(27-28-24)17-10-14(25)5-7-18(17)33-2/h3-11H,1-2H3,(H,29,30)(H,31,32)(H,26,27,28)/b20-11-. The largest absolute Gasteiger partial charge is 0.496 e. The molecule has 0 atom stereocenters. The molecule has 35 heavy (non-hydrogen) atoms. The Bertz CT molecular complexity index is 1460. The molecule has 0 fully saturated rings. The highest BCUT2D eigenvalue weighted by molar-refractivity contribution is 8.04. The maximum absolute atomic E-state index is 11.9. The number of carboxylic acid groups (broad SMARTS) is 2. The minimum atomic E-state index is -1.19. The van der Waals surface area contributed by atoms with E-state index < -0.39 is 11.9 Å². The lowest BCUT2D eigenvalue weighted by molar-refractivity contribution is -0.131. The molecule has 0 aliphatic carbocycles.